The van der Waals surface area contributed by atoms with E-state index in [0.717, 1.165) is 24.6 Å². The van der Waals surface area contributed by atoms with E-state index >= 15 is 0 Å². The third kappa shape index (κ3) is 3.85. The van der Waals surface area contributed by atoms with Crippen LogP contribution < -0.4 is 10.1 Å². The van der Waals surface area contributed by atoms with Crippen LogP contribution in [0.1, 0.15) is 39.0 Å². The Kier molecular flexibility index (Phi) is 5.21. The summed E-state index contributed by atoms with van der Waals surface area (Å²) in [7, 11) is 0. The second-order valence-electron chi connectivity index (χ2n) is 5.32. The first-order valence-electron chi connectivity index (χ1n) is 7.35. The molecule has 1 N–H and O–H groups in total. The molecule has 20 heavy (non-hydrogen) atoms. The summed E-state index contributed by atoms with van der Waals surface area (Å²) in [6, 6.07) is 5.01. The minimum Gasteiger partial charge on any atom is -0.487 e. The fourth-order valence-corrected chi connectivity index (χ4v) is 2.58. The van der Waals surface area contributed by atoms with Crippen LogP contribution >= 0.6 is 0 Å². The summed E-state index contributed by atoms with van der Waals surface area (Å²) in [6.45, 7) is 3.41. The highest BCUT2D eigenvalue weighted by molar-refractivity contribution is 5.58. The number of nitrogens with one attached hydrogen (secondary N) is 1. The number of nitro groups is 1. The molecular weight excluding hydrogens is 256 g/mol. The Bertz CT molecular complexity index is 456. The summed E-state index contributed by atoms with van der Waals surface area (Å²) in [4.78, 5) is 10.6. The molecule has 0 unspecified atom stereocenters. The molecule has 5 nitrogen and oxygen atoms in total. The highest BCUT2D eigenvalue weighted by Crippen LogP contribution is 2.31. The first-order valence-corrected chi connectivity index (χ1v) is 7.35. The van der Waals surface area contributed by atoms with Gasteiger partial charge in [0.05, 0.1) is 11.5 Å². The Morgan fingerprint density at radius 2 is 2.15 bits per heavy atom. The van der Waals surface area contributed by atoms with Gasteiger partial charge in [0.25, 0.3) is 0 Å². The molecule has 0 aliphatic heterocycles. The van der Waals surface area contributed by atoms with Gasteiger partial charge in [-0.25, -0.2) is 0 Å². The zero-order chi connectivity index (χ0) is 14.4. The summed E-state index contributed by atoms with van der Waals surface area (Å²) in [5.74, 6) is 1.08. The molecule has 0 heterocycles. The van der Waals surface area contributed by atoms with E-state index in [2.05, 4.69) is 5.32 Å². The first-order chi connectivity index (χ1) is 9.70. The lowest BCUT2D eigenvalue weighted by molar-refractivity contribution is -0.385. The maximum absolute atomic E-state index is 11.0. The predicted octanol–water partition coefficient (Wildman–Crippen LogP) is 3.99. The number of nitrogens with zero attached hydrogens (tertiary/aromatic N) is 1. The van der Waals surface area contributed by atoms with Gasteiger partial charge < -0.3 is 10.1 Å². The lowest BCUT2D eigenvalue weighted by atomic mass is 10.1. The number of benzene rings is 1. The highest BCUT2D eigenvalue weighted by atomic mass is 16.6. The van der Waals surface area contributed by atoms with Crippen molar-refractivity contribution in [2.75, 3.05) is 18.5 Å². The SMILES string of the molecule is CCCOc1cc(NCC2CCCC2)ccc1[N+](=O)[O-]. The smallest absolute Gasteiger partial charge is 0.311 e. The Balaban J connectivity index is 2.03. The molecule has 110 valence electrons. The Hall–Kier alpha value is -1.78. The molecular formula is C15H22N2O3. The summed E-state index contributed by atoms with van der Waals surface area (Å²) in [5, 5.41) is 14.3. The van der Waals surface area contributed by atoms with Gasteiger partial charge in [-0.05, 0) is 31.2 Å². The molecule has 1 aliphatic carbocycles. The van der Waals surface area contributed by atoms with Crippen molar-refractivity contribution in [2.24, 2.45) is 5.92 Å². The molecule has 1 aromatic rings. The molecule has 0 aromatic heterocycles. The zero-order valence-electron chi connectivity index (χ0n) is 11.9. The van der Waals surface area contributed by atoms with Gasteiger partial charge in [-0.3, -0.25) is 10.1 Å². The number of hydrogen-bond acceptors (Lipinski definition) is 4. The average molecular weight is 278 g/mol. The van der Waals surface area contributed by atoms with Gasteiger partial charge in [-0.15, -0.1) is 0 Å². The number of hydrogen-bond donors (Lipinski definition) is 1. The normalized spacial score (nSPS) is 15.2. The van der Waals surface area contributed by atoms with E-state index in [1.54, 1.807) is 12.1 Å². The van der Waals surface area contributed by atoms with E-state index in [-0.39, 0.29) is 5.69 Å². The third-order valence-electron chi connectivity index (χ3n) is 3.69. The minimum absolute atomic E-state index is 0.0323. The van der Waals surface area contributed by atoms with Crippen molar-refractivity contribution in [3.8, 4) is 5.75 Å². The van der Waals surface area contributed by atoms with Crippen LogP contribution in [-0.2, 0) is 0 Å². The maximum atomic E-state index is 11.0. The van der Waals surface area contributed by atoms with Gasteiger partial charge in [0.1, 0.15) is 0 Å². The van der Waals surface area contributed by atoms with Crippen molar-refractivity contribution >= 4 is 11.4 Å². The molecule has 1 aromatic carbocycles. The molecule has 5 heteroatoms. The quantitative estimate of drug-likeness (QED) is 0.605. The molecule has 1 aliphatic rings. The molecule has 0 amide bonds. The van der Waals surface area contributed by atoms with Crippen molar-refractivity contribution in [3.63, 3.8) is 0 Å². The summed E-state index contributed by atoms with van der Waals surface area (Å²) in [6.07, 6.45) is 6.02. The van der Waals surface area contributed by atoms with Crippen molar-refractivity contribution in [1.82, 2.24) is 0 Å². The van der Waals surface area contributed by atoms with E-state index in [1.807, 2.05) is 6.92 Å². The Morgan fingerprint density at radius 1 is 1.40 bits per heavy atom. The fourth-order valence-electron chi connectivity index (χ4n) is 2.58. The number of rotatable bonds is 7. The van der Waals surface area contributed by atoms with Crippen molar-refractivity contribution in [1.29, 1.82) is 0 Å². The lowest BCUT2D eigenvalue weighted by Crippen LogP contribution is -2.11. The van der Waals surface area contributed by atoms with Gasteiger partial charge >= 0.3 is 5.69 Å². The largest absolute Gasteiger partial charge is 0.487 e. The molecule has 2 rings (SSSR count). The zero-order valence-corrected chi connectivity index (χ0v) is 11.9. The van der Waals surface area contributed by atoms with Crippen LogP contribution in [0.3, 0.4) is 0 Å². The van der Waals surface area contributed by atoms with Crippen LogP contribution in [-0.4, -0.2) is 18.1 Å². The topological polar surface area (TPSA) is 64.4 Å². The number of ether oxygens (including phenoxy) is 1. The monoisotopic (exact) mass is 278 g/mol. The Labute approximate surface area is 119 Å². The molecule has 0 atom stereocenters. The van der Waals surface area contributed by atoms with E-state index in [9.17, 15) is 10.1 Å². The van der Waals surface area contributed by atoms with Crippen LogP contribution in [0.2, 0.25) is 0 Å². The molecule has 0 bridgehead atoms. The lowest BCUT2D eigenvalue weighted by Gasteiger charge is -2.13. The highest BCUT2D eigenvalue weighted by Gasteiger charge is 2.17. The molecule has 1 fully saturated rings. The van der Waals surface area contributed by atoms with Crippen molar-refractivity contribution in [3.05, 3.63) is 28.3 Å². The molecule has 0 saturated heterocycles. The van der Waals surface area contributed by atoms with Gasteiger partial charge in [-0.1, -0.05) is 19.8 Å². The van der Waals surface area contributed by atoms with Crippen LogP contribution in [0.5, 0.6) is 5.75 Å². The molecule has 0 spiro atoms. The Morgan fingerprint density at radius 3 is 2.80 bits per heavy atom. The van der Waals surface area contributed by atoms with Crippen LogP contribution in [0, 0.1) is 16.0 Å². The van der Waals surface area contributed by atoms with Crippen LogP contribution in [0.15, 0.2) is 18.2 Å². The predicted molar refractivity (Wildman–Crippen MR) is 79.3 cm³/mol. The van der Waals surface area contributed by atoms with Crippen LogP contribution in [0.25, 0.3) is 0 Å². The van der Waals surface area contributed by atoms with E-state index in [1.165, 1.54) is 31.7 Å². The summed E-state index contributed by atoms with van der Waals surface area (Å²) >= 11 is 0. The number of anilines is 1. The standard InChI is InChI=1S/C15H22N2O3/c1-2-9-20-15-10-13(7-8-14(15)17(18)19)16-11-12-5-3-4-6-12/h7-8,10,12,16H,2-6,9,11H2,1H3. The van der Waals surface area contributed by atoms with Gasteiger partial charge in [0.2, 0.25) is 0 Å². The van der Waals surface area contributed by atoms with Gasteiger partial charge in [0.15, 0.2) is 5.75 Å². The molecule has 0 radical (unpaired) electrons. The van der Waals surface area contributed by atoms with E-state index in [4.69, 9.17) is 4.74 Å². The van der Waals surface area contributed by atoms with Gasteiger partial charge in [-0.2, -0.15) is 0 Å². The van der Waals surface area contributed by atoms with Crippen molar-refractivity contribution in [2.45, 2.75) is 39.0 Å². The second-order valence-corrected chi connectivity index (χ2v) is 5.32. The van der Waals surface area contributed by atoms with E-state index < -0.39 is 4.92 Å². The number of nitro benzene ring substituents is 1. The summed E-state index contributed by atoms with van der Waals surface area (Å²) in [5.41, 5.74) is 0.929. The first kappa shape index (κ1) is 14.6. The minimum atomic E-state index is -0.397. The van der Waals surface area contributed by atoms with Crippen molar-refractivity contribution < 1.29 is 9.66 Å². The average Bonchev–Trinajstić information content (AvgIpc) is 2.96. The fraction of sp³-hybridized carbons (Fsp3) is 0.600. The van der Waals surface area contributed by atoms with E-state index in [0.29, 0.717) is 12.4 Å². The summed E-state index contributed by atoms with van der Waals surface area (Å²) < 4.78 is 5.48. The molecule has 1 saturated carbocycles. The third-order valence-corrected chi connectivity index (χ3v) is 3.69. The second kappa shape index (κ2) is 7.12. The van der Waals surface area contributed by atoms with Gasteiger partial charge in [0, 0.05) is 24.4 Å². The van der Waals surface area contributed by atoms with Crippen LogP contribution in [0.4, 0.5) is 11.4 Å². The maximum Gasteiger partial charge on any atom is 0.311 e.